The summed E-state index contributed by atoms with van der Waals surface area (Å²) in [5.74, 6) is -0.429. The molecule has 0 unspecified atom stereocenters. The second-order valence-electron chi connectivity index (χ2n) is 9.45. The predicted molar refractivity (Wildman–Crippen MR) is 127 cm³/mol. The molecule has 2 aromatic rings. The van der Waals surface area contributed by atoms with Crippen LogP contribution in [0.4, 0.5) is 4.39 Å². The number of amidine groups is 1. The molecule has 9 heteroatoms. The highest BCUT2D eigenvalue weighted by atomic mass is 32.2. The molecule has 7 nitrogen and oxygen atoms in total. The number of aliphatic hydroxyl groups is 1. The Kier molecular flexibility index (Phi) is 4.63. The fourth-order valence-electron chi connectivity index (χ4n) is 5.62. The lowest BCUT2D eigenvalue weighted by atomic mass is 9.66. The summed E-state index contributed by atoms with van der Waals surface area (Å²) in [7, 11) is 0. The molecular weight excluding hydrogens is 453 g/mol. The van der Waals surface area contributed by atoms with Crippen LogP contribution in [0.3, 0.4) is 0 Å². The molecule has 6 rings (SSSR count). The minimum Gasteiger partial charge on any atom is -0.391 e. The summed E-state index contributed by atoms with van der Waals surface area (Å²) in [4.78, 5) is 24.0. The summed E-state index contributed by atoms with van der Waals surface area (Å²) >= 11 is 1.35. The van der Waals surface area contributed by atoms with Crippen molar-refractivity contribution in [1.82, 2.24) is 9.88 Å². The molecule has 1 spiro atoms. The molecule has 1 saturated heterocycles. The first kappa shape index (κ1) is 21.3. The zero-order chi connectivity index (χ0) is 23.7. The van der Waals surface area contributed by atoms with Crippen molar-refractivity contribution in [3.05, 3.63) is 64.5 Å². The van der Waals surface area contributed by atoms with Crippen LogP contribution in [0.15, 0.2) is 41.5 Å². The van der Waals surface area contributed by atoms with Crippen molar-refractivity contribution in [2.75, 3.05) is 13.1 Å². The number of hydrogen-bond acceptors (Lipinski definition) is 7. The van der Waals surface area contributed by atoms with Gasteiger partial charge in [0.1, 0.15) is 16.6 Å². The normalized spacial score (nSPS) is 31.3. The van der Waals surface area contributed by atoms with E-state index < -0.39 is 22.2 Å². The van der Waals surface area contributed by atoms with E-state index in [1.807, 2.05) is 24.3 Å². The first-order chi connectivity index (χ1) is 16.3. The average Bonchev–Trinajstić information content (AvgIpc) is 3.42. The molecule has 1 saturated carbocycles. The second-order valence-corrected chi connectivity index (χ2v) is 10.8. The third-order valence-electron chi connectivity index (χ3n) is 7.39. The number of carbonyl (C=O) groups is 1. The van der Waals surface area contributed by atoms with Crippen LogP contribution in [0.2, 0.25) is 0 Å². The van der Waals surface area contributed by atoms with Crippen molar-refractivity contribution in [3.63, 3.8) is 0 Å². The number of likely N-dealkylation sites (tertiary alicyclic amines) is 1. The molecule has 3 N–H and O–H groups in total. The summed E-state index contributed by atoms with van der Waals surface area (Å²) in [6, 6.07) is 10.7. The minimum absolute atomic E-state index is 0.0271. The van der Waals surface area contributed by atoms with Crippen LogP contribution in [-0.2, 0) is 16.8 Å². The van der Waals surface area contributed by atoms with Crippen LogP contribution >= 0.6 is 11.8 Å². The average molecular weight is 476 g/mol. The molecule has 2 aliphatic carbocycles. The van der Waals surface area contributed by atoms with Crippen molar-refractivity contribution in [2.45, 2.75) is 35.7 Å². The molecular formula is C25H22FN5O2S. The summed E-state index contributed by atoms with van der Waals surface area (Å²) in [5, 5.41) is 19.2. The van der Waals surface area contributed by atoms with E-state index in [-0.39, 0.29) is 17.5 Å². The molecule has 34 heavy (non-hydrogen) atoms. The number of benzene rings is 1. The maximum atomic E-state index is 14.9. The van der Waals surface area contributed by atoms with Crippen LogP contribution in [0.25, 0.3) is 11.9 Å². The second kappa shape index (κ2) is 7.39. The van der Waals surface area contributed by atoms with Crippen molar-refractivity contribution in [2.24, 2.45) is 16.6 Å². The van der Waals surface area contributed by atoms with E-state index in [1.54, 1.807) is 4.90 Å². The number of carbonyl (C=O) groups excluding carboxylic acids is 1. The standard InChI is InChI=1S/C25H22FN5O2S/c26-19(20-4-2-15(11-27)12-29-20)8-14-1-3-16-9-24(18(16)7-14)21-10-25(21,34-23(28)30-24)22(33)31-6-5-17(32)13-31/h1-4,7-8,12,17,21,32H,5-6,9-10,13H2,(H2,28,30)/b19-8-/t17-,21+,24-,25+/m1/s1. The molecule has 0 bridgehead atoms. The van der Waals surface area contributed by atoms with Gasteiger partial charge in [-0.2, -0.15) is 5.26 Å². The minimum atomic E-state index is -0.628. The van der Waals surface area contributed by atoms with Crippen molar-refractivity contribution in [3.8, 4) is 6.07 Å². The monoisotopic (exact) mass is 475 g/mol. The Hall–Kier alpha value is -3.22. The first-order valence-corrected chi connectivity index (χ1v) is 12.1. The molecule has 172 valence electrons. The number of thioether (sulfide) groups is 1. The number of β-amino-alcohol motifs (C(OH)–C–C–N with tert-alkyl or cyclic N) is 1. The topological polar surface area (TPSA) is 116 Å². The van der Waals surface area contributed by atoms with Crippen molar-refractivity contribution >= 4 is 34.7 Å². The quantitative estimate of drug-likeness (QED) is 0.705. The lowest BCUT2D eigenvalue weighted by Gasteiger charge is -2.45. The third kappa shape index (κ3) is 3.09. The summed E-state index contributed by atoms with van der Waals surface area (Å²) in [5.41, 5.74) is 9.01. The van der Waals surface area contributed by atoms with Gasteiger partial charge in [-0.1, -0.05) is 23.9 Å². The molecule has 4 atom stereocenters. The van der Waals surface area contributed by atoms with Gasteiger partial charge in [0.05, 0.1) is 22.9 Å². The number of nitriles is 1. The number of nitrogens with two attached hydrogens (primary N) is 1. The summed E-state index contributed by atoms with van der Waals surface area (Å²) < 4.78 is 14.2. The fourth-order valence-corrected chi connectivity index (χ4v) is 7.01. The molecule has 4 aliphatic rings. The fraction of sp³-hybridized carbons (Fsp3) is 0.360. The number of nitrogens with zero attached hydrogens (tertiary/aromatic N) is 4. The molecule has 2 fully saturated rings. The third-order valence-corrected chi connectivity index (χ3v) is 8.68. The number of rotatable bonds is 3. The van der Waals surface area contributed by atoms with Gasteiger partial charge in [0, 0.05) is 31.6 Å². The van der Waals surface area contributed by atoms with E-state index in [2.05, 4.69) is 4.98 Å². The van der Waals surface area contributed by atoms with Gasteiger partial charge in [-0.25, -0.2) is 4.39 Å². The maximum absolute atomic E-state index is 14.9. The molecule has 1 aromatic heterocycles. The Balaban J connectivity index is 1.30. The largest absolute Gasteiger partial charge is 0.391 e. The van der Waals surface area contributed by atoms with Crippen LogP contribution < -0.4 is 5.73 Å². The van der Waals surface area contributed by atoms with E-state index in [1.165, 1.54) is 36.2 Å². The number of aliphatic imine (C=N–C) groups is 1. The van der Waals surface area contributed by atoms with E-state index in [0.29, 0.717) is 48.6 Å². The van der Waals surface area contributed by atoms with Gasteiger partial charge in [-0.15, -0.1) is 0 Å². The number of fused-ring (bicyclic) bond motifs is 4. The summed E-state index contributed by atoms with van der Waals surface area (Å²) in [6.07, 6.45) is 4.29. The zero-order valence-electron chi connectivity index (χ0n) is 18.2. The Labute approximate surface area is 200 Å². The van der Waals surface area contributed by atoms with Gasteiger partial charge in [0.25, 0.3) is 0 Å². The molecule has 1 aromatic carbocycles. The highest BCUT2D eigenvalue weighted by Crippen LogP contribution is 2.70. The van der Waals surface area contributed by atoms with Gasteiger partial charge in [0.2, 0.25) is 5.91 Å². The first-order valence-electron chi connectivity index (χ1n) is 11.2. The number of aliphatic hydroxyl groups excluding tert-OH is 1. The number of halogens is 1. The van der Waals surface area contributed by atoms with E-state index in [9.17, 15) is 14.3 Å². The Morgan fingerprint density at radius 1 is 1.38 bits per heavy atom. The molecule has 3 heterocycles. The lowest BCUT2D eigenvalue weighted by molar-refractivity contribution is -0.131. The molecule has 2 aliphatic heterocycles. The SMILES string of the molecule is N#Cc1ccc(/C(F)=C/c2ccc3c(c2)[C@@]2(C3)N=C(N)S[C@@]3(C(=O)N4CC[C@@H](O)C4)C[C@H]32)nc1. The number of aromatic nitrogens is 1. The van der Waals surface area contributed by atoms with Gasteiger partial charge < -0.3 is 15.7 Å². The zero-order valence-corrected chi connectivity index (χ0v) is 19.1. The van der Waals surface area contributed by atoms with Crippen molar-refractivity contribution in [1.29, 1.82) is 5.26 Å². The van der Waals surface area contributed by atoms with Gasteiger partial charge in [0.15, 0.2) is 5.17 Å². The number of amides is 1. The lowest BCUT2D eigenvalue weighted by Crippen LogP contribution is -2.50. The Morgan fingerprint density at radius 2 is 2.24 bits per heavy atom. The van der Waals surface area contributed by atoms with E-state index in [0.717, 1.165) is 11.1 Å². The summed E-state index contributed by atoms with van der Waals surface area (Å²) in [6.45, 7) is 0.930. The highest BCUT2D eigenvalue weighted by molar-refractivity contribution is 8.15. The van der Waals surface area contributed by atoms with Gasteiger partial charge >= 0.3 is 0 Å². The number of hydrogen-bond donors (Lipinski definition) is 2. The van der Waals surface area contributed by atoms with Crippen LogP contribution in [0.1, 0.15) is 40.8 Å². The Bertz CT molecular complexity index is 1320. The molecule has 1 amide bonds. The Morgan fingerprint density at radius 3 is 2.94 bits per heavy atom. The maximum Gasteiger partial charge on any atom is 0.239 e. The smallest absolute Gasteiger partial charge is 0.239 e. The highest BCUT2D eigenvalue weighted by Gasteiger charge is 2.74. The van der Waals surface area contributed by atoms with E-state index >= 15 is 0 Å². The number of pyridine rings is 1. The van der Waals surface area contributed by atoms with Crippen LogP contribution in [0, 0.1) is 17.2 Å². The van der Waals surface area contributed by atoms with Crippen molar-refractivity contribution < 1.29 is 14.3 Å². The van der Waals surface area contributed by atoms with Crippen LogP contribution in [-0.4, -0.2) is 50.0 Å². The van der Waals surface area contributed by atoms with E-state index in [4.69, 9.17) is 16.0 Å². The van der Waals surface area contributed by atoms with Gasteiger partial charge in [-0.3, -0.25) is 14.8 Å². The predicted octanol–water partition coefficient (Wildman–Crippen LogP) is 2.59. The van der Waals surface area contributed by atoms with Crippen LogP contribution in [0.5, 0.6) is 0 Å². The molecule has 0 radical (unpaired) electrons. The van der Waals surface area contributed by atoms with Gasteiger partial charge in [-0.05, 0) is 53.8 Å².